The van der Waals surface area contributed by atoms with E-state index in [1.807, 2.05) is 24.3 Å². The number of benzene rings is 1. The lowest BCUT2D eigenvalue weighted by molar-refractivity contribution is -0.117. The van der Waals surface area contributed by atoms with E-state index < -0.39 is 0 Å². The second-order valence-electron chi connectivity index (χ2n) is 5.17. The van der Waals surface area contributed by atoms with E-state index in [0.717, 1.165) is 32.2 Å². The van der Waals surface area contributed by atoms with Gasteiger partial charge in [0.05, 0.1) is 0 Å². The van der Waals surface area contributed by atoms with Gasteiger partial charge in [-0.25, -0.2) is 0 Å². The highest BCUT2D eigenvalue weighted by Gasteiger charge is 2.07. The van der Waals surface area contributed by atoms with Crippen LogP contribution >= 0.6 is 0 Å². The third kappa shape index (κ3) is 8.64. The van der Waals surface area contributed by atoms with Crippen molar-refractivity contribution < 1.29 is 9.53 Å². The molecule has 0 aliphatic heterocycles. The third-order valence-electron chi connectivity index (χ3n) is 3.30. The maximum atomic E-state index is 11.8. The summed E-state index contributed by atoms with van der Waals surface area (Å²) in [6.45, 7) is 1.84. The van der Waals surface area contributed by atoms with Crippen LogP contribution in [0.5, 0.6) is 0 Å². The fourth-order valence-corrected chi connectivity index (χ4v) is 2.04. The number of carbonyl (C=O) groups excluding carboxylic acids is 1. The first-order chi connectivity index (χ1) is 11.3. The Kier molecular flexibility index (Phi) is 9.97. The molecule has 2 N–H and O–H groups in total. The summed E-state index contributed by atoms with van der Waals surface area (Å²) in [7, 11) is 1.62. The van der Waals surface area contributed by atoms with E-state index >= 15 is 0 Å². The van der Waals surface area contributed by atoms with Gasteiger partial charge in [-0.3, -0.25) is 4.79 Å². The highest BCUT2D eigenvalue weighted by molar-refractivity contribution is 5.97. The van der Waals surface area contributed by atoms with Crippen molar-refractivity contribution in [3.63, 3.8) is 0 Å². The molecule has 0 unspecified atom stereocenters. The van der Waals surface area contributed by atoms with Crippen molar-refractivity contribution in [3.05, 3.63) is 47.7 Å². The van der Waals surface area contributed by atoms with E-state index in [9.17, 15) is 4.79 Å². The Labute approximate surface area is 138 Å². The minimum Gasteiger partial charge on any atom is -0.390 e. The van der Waals surface area contributed by atoms with Gasteiger partial charge in [-0.2, -0.15) is 5.26 Å². The zero-order valence-electron chi connectivity index (χ0n) is 13.7. The summed E-state index contributed by atoms with van der Waals surface area (Å²) in [5.41, 5.74) is 1.43. The predicted octanol–water partition coefficient (Wildman–Crippen LogP) is 2.16. The van der Waals surface area contributed by atoms with Crippen molar-refractivity contribution in [3.8, 4) is 6.07 Å². The highest BCUT2D eigenvalue weighted by atomic mass is 16.5. The highest BCUT2D eigenvalue weighted by Crippen LogP contribution is 2.03. The molecule has 0 saturated heterocycles. The molecule has 0 saturated carbocycles. The van der Waals surface area contributed by atoms with Gasteiger partial charge in [0.2, 0.25) is 0 Å². The molecule has 1 aromatic carbocycles. The molecule has 1 rings (SSSR count). The molecule has 5 nitrogen and oxygen atoms in total. The number of amides is 1. The Morgan fingerprint density at radius 1 is 1.22 bits per heavy atom. The molecule has 0 heterocycles. The van der Waals surface area contributed by atoms with Gasteiger partial charge in [-0.1, -0.05) is 30.3 Å². The number of nitrogens with one attached hydrogen (secondary N) is 2. The summed E-state index contributed by atoms with van der Waals surface area (Å²) in [4.78, 5) is 11.8. The number of carbonyl (C=O) groups is 1. The molecule has 0 spiro atoms. The van der Waals surface area contributed by atoms with Gasteiger partial charge in [0.1, 0.15) is 11.6 Å². The normalized spacial score (nSPS) is 10.9. The SMILES string of the molecule is COCCCNC(=O)/C(C#N)=C\NCCCCc1ccccc1. The maximum absolute atomic E-state index is 11.8. The molecule has 23 heavy (non-hydrogen) atoms. The molecular formula is C18H25N3O2. The van der Waals surface area contributed by atoms with Crippen LogP contribution < -0.4 is 10.6 Å². The van der Waals surface area contributed by atoms with Crippen molar-refractivity contribution in [2.24, 2.45) is 0 Å². The van der Waals surface area contributed by atoms with E-state index in [2.05, 4.69) is 22.8 Å². The second-order valence-corrected chi connectivity index (χ2v) is 5.17. The molecule has 1 amide bonds. The molecule has 5 heteroatoms. The quantitative estimate of drug-likeness (QED) is 0.373. The summed E-state index contributed by atoms with van der Waals surface area (Å²) in [6.07, 6.45) is 5.31. The molecule has 0 radical (unpaired) electrons. The number of hydrogen-bond donors (Lipinski definition) is 2. The zero-order chi connectivity index (χ0) is 16.8. The first-order valence-corrected chi connectivity index (χ1v) is 7.92. The fourth-order valence-electron chi connectivity index (χ4n) is 2.04. The number of methoxy groups -OCH3 is 1. The number of aryl methyl sites for hydroxylation is 1. The Hall–Kier alpha value is -2.32. The summed E-state index contributed by atoms with van der Waals surface area (Å²) in [5.74, 6) is -0.347. The molecular weight excluding hydrogens is 290 g/mol. The molecule has 0 atom stereocenters. The van der Waals surface area contributed by atoms with Crippen molar-refractivity contribution in [1.82, 2.24) is 10.6 Å². The Bertz CT molecular complexity index is 521. The van der Waals surface area contributed by atoms with Gasteiger partial charge in [0, 0.05) is 33.0 Å². The van der Waals surface area contributed by atoms with Crippen LogP contribution in [-0.2, 0) is 16.0 Å². The van der Waals surface area contributed by atoms with E-state index in [-0.39, 0.29) is 11.5 Å². The lowest BCUT2D eigenvalue weighted by atomic mass is 10.1. The van der Waals surface area contributed by atoms with E-state index in [4.69, 9.17) is 10.00 Å². The maximum Gasteiger partial charge on any atom is 0.263 e. The van der Waals surface area contributed by atoms with Crippen LogP contribution in [-0.4, -0.2) is 32.7 Å². The monoisotopic (exact) mass is 315 g/mol. The lowest BCUT2D eigenvalue weighted by Gasteiger charge is -2.05. The van der Waals surface area contributed by atoms with Gasteiger partial charge in [-0.15, -0.1) is 0 Å². The molecule has 0 aliphatic rings. The number of ether oxygens (including phenoxy) is 1. The minimum atomic E-state index is -0.347. The fraction of sp³-hybridized carbons (Fsp3) is 0.444. The van der Waals surface area contributed by atoms with Crippen LogP contribution in [0.4, 0.5) is 0 Å². The van der Waals surface area contributed by atoms with Crippen molar-refractivity contribution >= 4 is 5.91 Å². The van der Waals surface area contributed by atoms with Crippen molar-refractivity contribution in [1.29, 1.82) is 5.26 Å². The number of nitrogens with zero attached hydrogens (tertiary/aromatic N) is 1. The molecule has 124 valence electrons. The van der Waals surface area contributed by atoms with Crippen molar-refractivity contribution in [2.75, 3.05) is 26.8 Å². The Morgan fingerprint density at radius 2 is 2.00 bits per heavy atom. The van der Waals surface area contributed by atoms with Crippen LogP contribution in [0.25, 0.3) is 0 Å². The van der Waals surface area contributed by atoms with Crippen LogP contribution in [0.1, 0.15) is 24.8 Å². The summed E-state index contributed by atoms with van der Waals surface area (Å²) in [6, 6.07) is 12.3. The number of nitriles is 1. The average Bonchev–Trinajstić information content (AvgIpc) is 2.59. The molecule has 0 aromatic heterocycles. The lowest BCUT2D eigenvalue weighted by Crippen LogP contribution is -2.27. The van der Waals surface area contributed by atoms with E-state index in [0.29, 0.717) is 13.2 Å². The number of hydrogen-bond acceptors (Lipinski definition) is 4. The second kappa shape index (κ2) is 12.2. The first-order valence-electron chi connectivity index (χ1n) is 7.92. The first kappa shape index (κ1) is 18.7. The molecule has 0 fully saturated rings. The average molecular weight is 315 g/mol. The van der Waals surface area contributed by atoms with Gasteiger partial charge >= 0.3 is 0 Å². The van der Waals surface area contributed by atoms with Gasteiger partial charge < -0.3 is 15.4 Å². The summed E-state index contributed by atoms with van der Waals surface area (Å²) < 4.78 is 4.90. The molecule has 0 aliphatic carbocycles. The Balaban J connectivity index is 2.18. The van der Waals surface area contributed by atoms with Crippen LogP contribution in [0.15, 0.2) is 42.1 Å². The predicted molar refractivity (Wildman–Crippen MR) is 90.6 cm³/mol. The van der Waals surface area contributed by atoms with E-state index in [1.165, 1.54) is 11.8 Å². The summed E-state index contributed by atoms with van der Waals surface area (Å²) >= 11 is 0. The molecule has 0 bridgehead atoms. The molecule has 1 aromatic rings. The van der Waals surface area contributed by atoms with Crippen LogP contribution in [0.3, 0.4) is 0 Å². The Morgan fingerprint density at radius 3 is 2.70 bits per heavy atom. The number of rotatable bonds is 11. The zero-order valence-corrected chi connectivity index (χ0v) is 13.7. The summed E-state index contributed by atoms with van der Waals surface area (Å²) in [5, 5.41) is 14.7. The standard InChI is InChI=1S/C18H25N3O2/c1-23-13-7-12-21-18(22)17(14-19)15-20-11-6-5-10-16-8-3-2-4-9-16/h2-4,8-9,15,20H,5-7,10-13H2,1H3,(H,21,22)/b17-15-. The third-order valence-corrected chi connectivity index (χ3v) is 3.30. The smallest absolute Gasteiger partial charge is 0.263 e. The largest absolute Gasteiger partial charge is 0.390 e. The van der Waals surface area contributed by atoms with Gasteiger partial charge in [0.15, 0.2) is 0 Å². The van der Waals surface area contributed by atoms with E-state index in [1.54, 1.807) is 7.11 Å². The minimum absolute atomic E-state index is 0.102. The number of unbranched alkanes of at least 4 members (excludes halogenated alkanes) is 1. The van der Waals surface area contributed by atoms with Crippen LogP contribution in [0.2, 0.25) is 0 Å². The van der Waals surface area contributed by atoms with Crippen LogP contribution in [0, 0.1) is 11.3 Å². The van der Waals surface area contributed by atoms with Gasteiger partial charge in [0.25, 0.3) is 5.91 Å². The van der Waals surface area contributed by atoms with Gasteiger partial charge in [-0.05, 0) is 31.2 Å². The topological polar surface area (TPSA) is 74.1 Å². The van der Waals surface area contributed by atoms with Crippen molar-refractivity contribution in [2.45, 2.75) is 25.7 Å².